The number of nitriles is 1. The van der Waals surface area contributed by atoms with Crippen molar-refractivity contribution in [3.05, 3.63) is 41.4 Å². The van der Waals surface area contributed by atoms with E-state index in [0.29, 0.717) is 41.2 Å². The Balaban J connectivity index is 1.74. The first-order valence-electron chi connectivity index (χ1n) is 8.42. The highest BCUT2D eigenvalue weighted by molar-refractivity contribution is 7.99. The van der Waals surface area contributed by atoms with Gasteiger partial charge in [-0.15, -0.1) is 11.8 Å². The molecule has 28 heavy (non-hydrogen) atoms. The fourth-order valence-electron chi connectivity index (χ4n) is 3.30. The van der Waals surface area contributed by atoms with E-state index < -0.39 is 17.2 Å². The molecule has 0 aliphatic heterocycles. The summed E-state index contributed by atoms with van der Waals surface area (Å²) in [5.41, 5.74) is 4.28. The topological polar surface area (TPSA) is 96.1 Å². The molecule has 0 saturated heterocycles. The second-order valence-corrected chi connectivity index (χ2v) is 7.65. The van der Waals surface area contributed by atoms with E-state index in [4.69, 9.17) is 0 Å². The van der Waals surface area contributed by atoms with Crippen LogP contribution in [-0.2, 0) is 12.8 Å². The number of fused-ring (bicyclic) bond motifs is 3. The minimum absolute atomic E-state index is 0.305. The van der Waals surface area contributed by atoms with Crippen molar-refractivity contribution < 1.29 is 13.2 Å². The van der Waals surface area contributed by atoms with E-state index in [0.717, 1.165) is 23.0 Å². The van der Waals surface area contributed by atoms with Crippen LogP contribution in [0.5, 0.6) is 0 Å². The lowest BCUT2D eigenvalue weighted by Crippen LogP contribution is -2.12. The van der Waals surface area contributed by atoms with Gasteiger partial charge in [0, 0.05) is 10.8 Å². The standard InChI is InChI=1S/C17H14F3N7S/c1-9(28-7-17(18,19)20)15-11-2-3-12-14(16(11)25-24-15)13(4-21)27(26-12)10-5-22-8-23-6-10/h5-6,8-9H,2-3,7H2,1H3,(H,24,25). The summed E-state index contributed by atoms with van der Waals surface area (Å²) in [5, 5.41) is 21.0. The van der Waals surface area contributed by atoms with E-state index in [2.05, 4.69) is 31.3 Å². The zero-order valence-electron chi connectivity index (χ0n) is 14.7. The van der Waals surface area contributed by atoms with Crippen molar-refractivity contribution in [3.63, 3.8) is 0 Å². The summed E-state index contributed by atoms with van der Waals surface area (Å²) >= 11 is 0.809. The number of nitrogens with zero attached hydrogens (tertiary/aromatic N) is 6. The first-order valence-corrected chi connectivity index (χ1v) is 9.47. The summed E-state index contributed by atoms with van der Waals surface area (Å²) in [4.78, 5) is 7.91. The Bertz CT molecular complexity index is 1050. The van der Waals surface area contributed by atoms with Gasteiger partial charge in [0.25, 0.3) is 0 Å². The van der Waals surface area contributed by atoms with Crippen LogP contribution in [-0.4, -0.2) is 41.9 Å². The molecule has 1 aliphatic carbocycles. The van der Waals surface area contributed by atoms with Crippen molar-refractivity contribution in [1.29, 1.82) is 5.26 Å². The molecule has 3 aromatic rings. The Morgan fingerprint density at radius 2 is 2.07 bits per heavy atom. The van der Waals surface area contributed by atoms with Crippen LogP contribution in [0.25, 0.3) is 16.9 Å². The molecule has 0 fully saturated rings. The van der Waals surface area contributed by atoms with Crippen LogP contribution in [0, 0.1) is 11.3 Å². The van der Waals surface area contributed by atoms with Gasteiger partial charge in [0.05, 0.1) is 35.1 Å². The van der Waals surface area contributed by atoms with E-state index in [1.807, 2.05) is 0 Å². The number of aromatic nitrogens is 6. The number of H-pyrrole nitrogens is 1. The molecule has 4 rings (SSSR count). The van der Waals surface area contributed by atoms with Gasteiger partial charge in [0.1, 0.15) is 23.8 Å². The molecule has 0 radical (unpaired) electrons. The zero-order valence-corrected chi connectivity index (χ0v) is 15.5. The van der Waals surface area contributed by atoms with Crippen LogP contribution in [0.15, 0.2) is 18.7 Å². The van der Waals surface area contributed by atoms with E-state index in [9.17, 15) is 18.4 Å². The third kappa shape index (κ3) is 3.24. The molecule has 1 atom stereocenters. The van der Waals surface area contributed by atoms with Gasteiger partial charge in [-0.2, -0.15) is 28.6 Å². The molecule has 0 amide bonds. The van der Waals surface area contributed by atoms with E-state index in [1.165, 1.54) is 11.0 Å². The Morgan fingerprint density at radius 3 is 2.75 bits per heavy atom. The molecule has 3 heterocycles. The summed E-state index contributed by atoms with van der Waals surface area (Å²) in [6.07, 6.45) is 1.44. The highest BCUT2D eigenvalue weighted by Crippen LogP contribution is 2.41. The summed E-state index contributed by atoms with van der Waals surface area (Å²) in [6.45, 7) is 1.72. The van der Waals surface area contributed by atoms with E-state index in [-0.39, 0.29) is 0 Å². The summed E-state index contributed by atoms with van der Waals surface area (Å²) < 4.78 is 39.1. The SMILES string of the molecule is CC(SCC(F)(F)F)c1[nH]nc2c1CCc1nn(-c3cncnc3)c(C#N)c1-2. The third-order valence-electron chi connectivity index (χ3n) is 4.51. The highest BCUT2D eigenvalue weighted by Gasteiger charge is 2.33. The van der Waals surface area contributed by atoms with Gasteiger partial charge in [-0.05, 0) is 19.8 Å². The first kappa shape index (κ1) is 18.5. The van der Waals surface area contributed by atoms with E-state index in [1.54, 1.807) is 19.3 Å². The molecule has 0 saturated carbocycles. The maximum atomic E-state index is 12.6. The van der Waals surface area contributed by atoms with Crippen LogP contribution >= 0.6 is 11.8 Å². The van der Waals surface area contributed by atoms with Gasteiger partial charge in [0.15, 0.2) is 5.69 Å². The zero-order chi connectivity index (χ0) is 19.9. The predicted molar refractivity (Wildman–Crippen MR) is 95.8 cm³/mol. The minimum Gasteiger partial charge on any atom is -0.281 e. The number of thioether (sulfide) groups is 1. The monoisotopic (exact) mass is 405 g/mol. The Morgan fingerprint density at radius 1 is 1.32 bits per heavy atom. The second-order valence-electron chi connectivity index (χ2n) is 6.32. The lowest BCUT2D eigenvalue weighted by molar-refractivity contribution is -0.105. The van der Waals surface area contributed by atoms with Crippen molar-refractivity contribution in [2.45, 2.75) is 31.2 Å². The van der Waals surface area contributed by atoms with Gasteiger partial charge >= 0.3 is 6.18 Å². The molecular weight excluding hydrogens is 391 g/mol. The van der Waals surface area contributed by atoms with Crippen LogP contribution < -0.4 is 0 Å². The average molecular weight is 405 g/mol. The molecule has 1 N–H and O–H groups in total. The molecular formula is C17H14F3N7S. The number of aryl methyl sites for hydroxylation is 1. The van der Waals surface area contributed by atoms with Gasteiger partial charge < -0.3 is 0 Å². The Labute approximate surface area is 162 Å². The molecule has 7 nitrogen and oxygen atoms in total. The molecule has 144 valence electrons. The maximum Gasteiger partial charge on any atom is 0.397 e. The van der Waals surface area contributed by atoms with Crippen molar-refractivity contribution >= 4 is 11.8 Å². The molecule has 0 spiro atoms. The Kier molecular flexibility index (Phi) is 4.58. The minimum atomic E-state index is -4.22. The fraction of sp³-hybridized carbons (Fsp3) is 0.353. The average Bonchev–Trinajstić information content (AvgIpc) is 3.27. The predicted octanol–water partition coefficient (Wildman–Crippen LogP) is 3.38. The van der Waals surface area contributed by atoms with Crippen molar-refractivity contribution in [2.75, 3.05) is 5.75 Å². The number of rotatable bonds is 4. The number of hydrogen-bond acceptors (Lipinski definition) is 6. The summed E-state index contributed by atoms with van der Waals surface area (Å²) in [6, 6.07) is 2.16. The van der Waals surface area contributed by atoms with Crippen LogP contribution in [0.2, 0.25) is 0 Å². The second kappa shape index (κ2) is 6.94. The summed E-state index contributed by atoms with van der Waals surface area (Å²) in [7, 11) is 0. The van der Waals surface area contributed by atoms with Gasteiger partial charge in [0.2, 0.25) is 0 Å². The van der Waals surface area contributed by atoms with Crippen molar-refractivity contribution in [3.8, 4) is 23.0 Å². The third-order valence-corrected chi connectivity index (χ3v) is 5.74. The van der Waals surface area contributed by atoms with Crippen molar-refractivity contribution in [2.24, 2.45) is 0 Å². The largest absolute Gasteiger partial charge is 0.397 e. The number of alkyl halides is 3. The number of halogens is 3. The first-order chi connectivity index (χ1) is 13.4. The lowest BCUT2D eigenvalue weighted by atomic mass is 9.92. The Hall–Kier alpha value is -2.87. The maximum absolute atomic E-state index is 12.6. The van der Waals surface area contributed by atoms with Crippen LogP contribution in [0.3, 0.4) is 0 Å². The number of aromatic amines is 1. The van der Waals surface area contributed by atoms with Crippen molar-refractivity contribution in [1.82, 2.24) is 29.9 Å². The molecule has 0 aromatic carbocycles. The summed E-state index contributed by atoms with van der Waals surface area (Å²) in [5.74, 6) is -0.928. The molecule has 1 unspecified atom stereocenters. The highest BCUT2D eigenvalue weighted by atomic mass is 32.2. The molecule has 3 aromatic heterocycles. The van der Waals surface area contributed by atoms with Gasteiger partial charge in [-0.1, -0.05) is 0 Å². The van der Waals surface area contributed by atoms with Gasteiger partial charge in [-0.3, -0.25) is 5.10 Å². The van der Waals surface area contributed by atoms with Crippen LogP contribution in [0.4, 0.5) is 13.2 Å². The normalized spacial score (nSPS) is 14.2. The quantitative estimate of drug-likeness (QED) is 0.715. The van der Waals surface area contributed by atoms with Gasteiger partial charge in [-0.25, -0.2) is 14.6 Å². The molecule has 11 heteroatoms. The molecule has 0 bridgehead atoms. The van der Waals surface area contributed by atoms with E-state index >= 15 is 0 Å². The smallest absolute Gasteiger partial charge is 0.281 e. The molecule has 1 aliphatic rings. The number of hydrogen-bond donors (Lipinski definition) is 1. The van der Waals surface area contributed by atoms with Crippen LogP contribution in [0.1, 0.15) is 34.8 Å². The fourth-order valence-corrected chi connectivity index (χ4v) is 4.10. The number of nitrogens with one attached hydrogen (secondary N) is 1. The lowest BCUT2D eigenvalue weighted by Gasteiger charge is -2.16.